The highest BCUT2D eigenvalue weighted by Gasteiger charge is 2.13. The molecule has 0 heterocycles. The van der Waals surface area contributed by atoms with Gasteiger partial charge in [-0.05, 0) is 12.7 Å². The lowest BCUT2D eigenvalue weighted by Gasteiger charge is -2.12. The molecule has 70 valence electrons. The SMILES string of the molecule is CC(=O)C(CN)NC(=O)CCS. The van der Waals surface area contributed by atoms with E-state index in [1.807, 2.05) is 0 Å². The number of thiol groups is 1. The number of nitrogens with two attached hydrogens (primary N) is 1. The van der Waals surface area contributed by atoms with Crippen molar-refractivity contribution in [3.63, 3.8) is 0 Å². The van der Waals surface area contributed by atoms with Gasteiger partial charge in [-0.25, -0.2) is 0 Å². The maximum atomic E-state index is 10.9. The number of amides is 1. The average Bonchev–Trinajstić information content (AvgIpc) is 2.00. The number of Topliss-reactive ketones (excluding diaryl/α,β-unsaturated/α-hetero) is 1. The summed E-state index contributed by atoms with van der Waals surface area (Å²) >= 11 is 3.89. The summed E-state index contributed by atoms with van der Waals surface area (Å²) in [7, 11) is 0. The lowest BCUT2D eigenvalue weighted by atomic mass is 10.2. The van der Waals surface area contributed by atoms with Gasteiger partial charge in [0.25, 0.3) is 0 Å². The van der Waals surface area contributed by atoms with Crippen molar-refractivity contribution in [1.29, 1.82) is 0 Å². The zero-order valence-electron chi connectivity index (χ0n) is 7.04. The van der Waals surface area contributed by atoms with Gasteiger partial charge in [0.05, 0.1) is 6.04 Å². The number of ketones is 1. The molecule has 1 amide bonds. The molecule has 0 bridgehead atoms. The molecule has 0 aromatic heterocycles. The molecule has 0 aromatic carbocycles. The molecule has 0 aliphatic carbocycles. The van der Waals surface area contributed by atoms with Gasteiger partial charge in [0.2, 0.25) is 5.91 Å². The van der Waals surface area contributed by atoms with Gasteiger partial charge in [0.15, 0.2) is 5.78 Å². The fraction of sp³-hybridized carbons (Fsp3) is 0.714. The monoisotopic (exact) mass is 190 g/mol. The summed E-state index contributed by atoms with van der Waals surface area (Å²) in [5.74, 6) is 0.168. The fourth-order valence-electron chi connectivity index (χ4n) is 0.695. The normalized spacial score (nSPS) is 12.2. The van der Waals surface area contributed by atoms with Crippen LogP contribution in [-0.2, 0) is 9.59 Å². The Bertz CT molecular complexity index is 173. The molecule has 0 fully saturated rings. The Labute approximate surface area is 77.3 Å². The Hall–Kier alpha value is -0.550. The van der Waals surface area contributed by atoms with Gasteiger partial charge in [0, 0.05) is 13.0 Å². The molecule has 5 heteroatoms. The van der Waals surface area contributed by atoms with Crippen LogP contribution in [0.15, 0.2) is 0 Å². The highest BCUT2D eigenvalue weighted by Crippen LogP contribution is 1.88. The largest absolute Gasteiger partial charge is 0.345 e. The van der Waals surface area contributed by atoms with Crippen LogP contribution in [0.25, 0.3) is 0 Å². The van der Waals surface area contributed by atoms with Crippen LogP contribution in [0.5, 0.6) is 0 Å². The second kappa shape index (κ2) is 6.02. The predicted octanol–water partition coefficient (Wildman–Crippen LogP) is -0.661. The van der Waals surface area contributed by atoms with Crippen LogP contribution >= 0.6 is 12.6 Å². The van der Waals surface area contributed by atoms with Gasteiger partial charge in [0.1, 0.15) is 0 Å². The van der Waals surface area contributed by atoms with Crippen molar-refractivity contribution in [2.75, 3.05) is 12.3 Å². The van der Waals surface area contributed by atoms with Crippen LogP contribution in [0.3, 0.4) is 0 Å². The summed E-state index contributed by atoms with van der Waals surface area (Å²) in [5, 5.41) is 2.50. The molecule has 4 nitrogen and oxygen atoms in total. The van der Waals surface area contributed by atoms with E-state index >= 15 is 0 Å². The minimum absolute atomic E-state index is 0.120. The summed E-state index contributed by atoms with van der Waals surface area (Å²) in [6, 6.07) is -0.544. The van der Waals surface area contributed by atoms with Crippen LogP contribution in [-0.4, -0.2) is 30.0 Å². The number of rotatable bonds is 5. The van der Waals surface area contributed by atoms with E-state index in [1.54, 1.807) is 0 Å². The highest BCUT2D eigenvalue weighted by atomic mass is 32.1. The third-order valence-corrected chi connectivity index (χ3v) is 1.62. The van der Waals surface area contributed by atoms with E-state index in [1.165, 1.54) is 6.92 Å². The van der Waals surface area contributed by atoms with E-state index in [2.05, 4.69) is 17.9 Å². The third kappa shape index (κ3) is 4.35. The molecule has 0 rings (SSSR count). The second-order valence-corrected chi connectivity index (χ2v) is 2.89. The third-order valence-electron chi connectivity index (χ3n) is 1.40. The molecule has 1 unspecified atom stereocenters. The molecule has 3 N–H and O–H groups in total. The first-order valence-corrected chi connectivity index (χ1v) is 4.35. The quantitative estimate of drug-likeness (QED) is 0.504. The lowest BCUT2D eigenvalue weighted by Crippen LogP contribution is -2.44. The summed E-state index contributed by atoms with van der Waals surface area (Å²) in [4.78, 5) is 21.7. The van der Waals surface area contributed by atoms with Crippen molar-refractivity contribution in [3.05, 3.63) is 0 Å². The fourth-order valence-corrected chi connectivity index (χ4v) is 0.898. The summed E-state index contributed by atoms with van der Waals surface area (Å²) in [5.41, 5.74) is 5.26. The van der Waals surface area contributed by atoms with E-state index in [0.29, 0.717) is 12.2 Å². The minimum atomic E-state index is -0.544. The Morgan fingerprint density at radius 3 is 2.50 bits per heavy atom. The smallest absolute Gasteiger partial charge is 0.221 e. The standard InChI is InChI=1S/C7H14N2O2S/c1-5(10)6(4-8)9-7(11)2-3-12/h6,12H,2-4,8H2,1H3,(H,9,11). The van der Waals surface area contributed by atoms with E-state index < -0.39 is 6.04 Å². The second-order valence-electron chi connectivity index (χ2n) is 2.44. The Morgan fingerprint density at radius 2 is 2.17 bits per heavy atom. The van der Waals surface area contributed by atoms with Crippen molar-refractivity contribution >= 4 is 24.3 Å². The van der Waals surface area contributed by atoms with Gasteiger partial charge in [-0.1, -0.05) is 0 Å². The van der Waals surface area contributed by atoms with Gasteiger partial charge < -0.3 is 11.1 Å². The van der Waals surface area contributed by atoms with Crippen molar-refractivity contribution in [1.82, 2.24) is 5.32 Å². The topological polar surface area (TPSA) is 72.2 Å². The molecule has 0 saturated carbocycles. The van der Waals surface area contributed by atoms with Gasteiger partial charge in [-0.3, -0.25) is 9.59 Å². The summed E-state index contributed by atoms with van der Waals surface area (Å²) in [6.45, 7) is 1.55. The van der Waals surface area contributed by atoms with Crippen LogP contribution in [0, 0.1) is 0 Å². The van der Waals surface area contributed by atoms with Crippen molar-refractivity contribution in [2.45, 2.75) is 19.4 Å². The zero-order chi connectivity index (χ0) is 9.56. The number of carbonyl (C=O) groups is 2. The molecular formula is C7H14N2O2S. The average molecular weight is 190 g/mol. The minimum Gasteiger partial charge on any atom is -0.345 e. The number of carbonyl (C=O) groups excluding carboxylic acids is 2. The van der Waals surface area contributed by atoms with Crippen molar-refractivity contribution in [2.24, 2.45) is 5.73 Å². The maximum Gasteiger partial charge on any atom is 0.221 e. The molecule has 0 spiro atoms. The first-order valence-electron chi connectivity index (χ1n) is 3.72. The number of hydrogen-bond acceptors (Lipinski definition) is 4. The zero-order valence-corrected chi connectivity index (χ0v) is 7.93. The number of hydrogen-bond donors (Lipinski definition) is 3. The van der Waals surface area contributed by atoms with Crippen LogP contribution in [0.1, 0.15) is 13.3 Å². The van der Waals surface area contributed by atoms with E-state index in [9.17, 15) is 9.59 Å². The summed E-state index contributed by atoms with van der Waals surface area (Å²) in [6.07, 6.45) is 0.312. The van der Waals surface area contributed by atoms with E-state index in [0.717, 1.165) is 0 Å². The molecule has 12 heavy (non-hydrogen) atoms. The van der Waals surface area contributed by atoms with Crippen LogP contribution < -0.4 is 11.1 Å². The van der Waals surface area contributed by atoms with E-state index in [4.69, 9.17) is 5.73 Å². The molecule has 0 saturated heterocycles. The molecular weight excluding hydrogens is 176 g/mol. The highest BCUT2D eigenvalue weighted by molar-refractivity contribution is 7.80. The Morgan fingerprint density at radius 1 is 1.58 bits per heavy atom. The molecule has 1 atom stereocenters. The van der Waals surface area contributed by atoms with Gasteiger partial charge in [-0.15, -0.1) is 0 Å². The molecule has 0 radical (unpaired) electrons. The first kappa shape index (κ1) is 11.4. The van der Waals surface area contributed by atoms with Crippen LogP contribution in [0.2, 0.25) is 0 Å². The van der Waals surface area contributed by atoms with E-state index in [-0.39, 0.29) is 18.2 Å². The van der Waals surface area contributed by atoms with Crippen molar-refractivity contribution < 1.29 is 9.59 Å². The Kier molecular flexibility index (Phi) is 5.74. The summed E-state index contributed by atoms with van der Waals surface area (Å²) < 4.78 is 0. The first-order chi connectivity index (χ1) is 5.61. The molecule has 0 aliphatic heterocycles. The van der Waals surface area contributed by atoms with Crippen LogP contribution in [0.4, 0.5) is 0 Å². The van der Waals surface area contributed by atoms with Crippen molar-refractivity contribution in [3.8, 4) is 0 Å². The lowest BCUT2D eigenvalue weighted by molar-refractivity contribution is -0.126. The maximum absolute atomic E-state index is 10.9. The Balaban J connectivity index is 3.85. The molecule has 0 aromatic rings. The number of nitrogens with one attached hydrogen (secondary N) is 1. The van der Waals surface area contributed by atoms with Gasteiger partial charge in [-0.2, -0.15) is 12.6 Å². The predicted molar refractivity (Wildman–Crippen MR) is 50.1 cm³/mol. The van der Waals surface area contributed by atoms with Gasteiger partial charge >= 0.3 is 0 Å². The molecule has 0 aliphatic rings.